The van der Waals surface area contributed by atoms with Gasteiger partial charge in [0.05, 0.1) is 18.5 Å². The van der Waals surface area contributed by atoms with Crippen molar-refractivity contribution in [3.63, 3.8) is 0 Å². The Hall–Kier alpha value is -3.71. The van der Waals surface area contributed by atoms with E-state index in [0.717, 1.165) is 4.88 Å². The number of nitrogens with one attached hydrogen (secondary N) is 1. The van der Waals surface area contributed by atoms with Gasteiger partial charge < -0.3 is 14.5 Å². The fourth-order valence-corrected chi connectivity index (χ4v) is 3.94. The number of amides is 1. The van der Waals surface area contributed by atoms with Crippen LogP contribution in [0.4, 0.5) is 0 Å². The Balaban J connectivity index is 1.49. The van der Waals surface area contributed by atoms with Crippen molar-refractivity contribution >= 4 is 34.0 Å². The molecule has 0 aliphatic heterocycles. The maximum absolute atomic E-state index is 12.5. The molecule has 0 fully saturated rings. The van der Waals surface area contributed by atoms with Crippen LogP contribution in [-0.4, -0.2) is 18.8 Å². The van der Waals surface area contributed by atoms with Gasteiger partial charge in [0.25, 0.3) is 5.91 Å². The molecule has 4 rings (SSSR count). The molecule has 0 unspecified atom stereocenters. The van der Waals surface area contributed by atoms with Gasteiger partial charge >= 0.3 is 5.63 Å². The van der Waals surface area contributed by atoms with Gasteiger partial charge in [-0.05, 0) is 24.3 Å². The van der Waals surface area contributed by atoms with Crippen LogP contribution in [0.3, 0.4) is 0 Å². The molecule has 30 heavy (non-hydrogen) atoms. The molecule has 0 radical (unpaired) electrons. The van der Waals surface area contributed by atoms with Crippen molar-refractivity contribution in [2.75, 3.05) is 7.11 Å². The monoisotopic (exact) mass is 419 g/mol. The molecule has 2 aromatic heterocycles. The summed E-state index contributed by atoms with van der Waals surface area (Å²) < 4.78 is 10.5. The van der Waals surface area contributed by atoms with Crippen LogP contribution in [-0.2, 0) is 6.54 Å². The number of ketones is 1. The van der Waals surface area contributed by atoms with Crippen LogP contribution < -0.4 is 15.7 Å². The Kier molecular flexibility index (Phi) is 5.45. The maximum Gasteiger partial charge on any atom is 0.349 e. The normalized spacial score (nSPS) is 10.7. The highest BCUT2D eigenvalue weighted by molar-refractivity contribution is 7.14. The first-order chi connectivity index (χ1) is 14.6. The van der Waals surface area contributed by atoms with E-state index in [0.29, 0.717) is 27.2 Å². The highest BCUT2D eigenvalue weighted by Crippen LogP contribution is 2.24. The largest absolute Gasteiger partial charge is 0.493 e. The number of hydrogen-bond donors (Lipinski definition) is 1. The minimum atomic E-state index is -0.740. The zero-order valence-corrected chi connectivity index (χ0v) is 16.8. The highest BCUT2D eigenvalue weighted by Gasteiger charge is 2.16. The van der Waals surface area contributed by atoms with Gasteiger partial charge in [0.2, 0.25) is 5.78 Å². The molecule has 0 saturated heterocycles. The van der Waals surface area contributed by atoms with E-state index >= 15 is 0 Å². The Morgan fingerprint density at radius 1 is 1.03 bits per heavy atom. The number of hydrogen-bond acceptors (Lipinski definition) is 6. The predicted octanol–water partition coefficient (Wildman–Crippen LogP) is 4.02. The Labute approximate surface area is 175 Å². The summed E-state index contributed by atoms with van der Waals surface area (Å²) in [7, 11) is 1.48. The summed E-state index contributed by atoms with van der Waals surface area (Å²) in [5.41, 5.74) is 0.0755. The summed E-state index contributed by atoms with van der Waals surface area (Å²) in [6, 6.07) is 19.2. The van der Waals surface area contributed by atoms with Crippen molar-refractivity contribution in [3.8, 4) is 5.75 Å². The van der Waals surface area contributed by atoms with Gasteiger partial charge in [-0.15, -0.1) is 11.3 Å². The number of ether oxygens (including phenoxy) is 1. The third-order valence-corrected chi connectivity index (χ3v) is 5.62. The first-order valence-corrected chi connectivity index (χ1v) is 9.96. The molecule has 150 valence electrons. The number of rotatable bonds is 6. The summed E-state index contributed by atoms with van der Waals surface area (Å²) >= 11 is 1.30. The lowest BCUT2D eigenvalue weighted by Gasteiger charge is -2.06. The van der Waals surface area contributed by atoms with Crippen molar-refractivity contribution in [1.29, 1.82) is 0 Å². The molecule has 0 aliphatic rings. The SMILES string of the molecule is COc1cccc2cc(C(=O)NCc3ccc(C(=O)c4ccccc4)s3)c(=O)oc12. The van der Waals surface area contributed by atoms with E-state index in [1.165, 1.54) is 24.5 Å². The van der Waals surface area contributed by atoms with Gasteiger partial charge in [-0.1, -0.05) is 42.5 Å². The molecule has 1 N–H and O–H groups in total. The van der Waals surface area contributed by atoms with Gasteiger partial charge in [-0.25, -0.2) is 4.79 Å². The summed E-state index contributed by atoms with van der Waals surface area (Å²) in [6.45, 7) is 0.196. The van der Waals surface area contributed by atoms with Crippen LogP contribution in [0.1, 0.15) is 30.5 Å². The summed E-state index contributed by atoms with van der Waals surface area (Å²) in [4.78, 5) is 38.7. The zero-order valence-electron chi connectivity index (χ0n) is 16.0. The second-order valence-electron chi connectivity index (χ2n) is 6.47. The lowest BCUT2D eigenvalue weighted by atomic mass is 10.1. The van der Waals surface area contributed by atoms with Gasteiger partial charge in [0.15, 0.2) is 11.3 Å². The molecule has 0 aliphatic carbocycles. The summed E-state index contributed by atoms with van der Waals surface area (Å²) in [5.74, 6) is -0.189. The molecule has 0 spiro atoms. The van der Waals surface area contributed by atoms with Crippen LogP contribution in [0.2, 0.25) is 0 Å². The van der Waals surface area contributed by atoms with Gasteiger partial charge in [-0.3, -0.25) is 9.59 Å². The van der Waals surface area contributed by atoms with E-state index in [1.807, 2.05) is 18.2 Å². The van der Waals surface area contributed by atoms with Crippen LogP contribution in [0.5, 0.6) is 5.75 Å². The van der Waals surface area contributed by atoms with Gasteiger partial charge in [0.1, 0.15) is 5.56 Å². The standard InChI is InChI=1S/C23H17NO5S/c1-28-18-9-5-8-15-12-17(23(27)29-21(15)18)22(26)24-13-16-10-11-19(30-16)20(25)14-6-3-2-4-7-14/h2-12H,13H2,1H3,(H,24,26). The fraction of sp³-hybridized carbons (Fsp3) is 0.0870. The smallest absolute Gasteiger partial charge is 0.349 e. The third-order valence-electron chi connectivity index (χ3n) is 4.53. The Morgan fingerprint density at radius 3 is 2.60 bits per heavy atom. The number of methoxy groups -OCH3 is 1. The number of benzene rings is 2. The molecule has 2 aromatic carbocycles. The van der Waals surface area contributed by atoms with Crippen LogP contribution in [0.25, 0.3) is 11.0 Å². The van der Waals surface area contributed by atoms with E-state index in [9.17, 15) is 14.4 Å². The van der Waals surface area contributed by atoms with Crippen molar-refractivity contribution in [2.24, 2.45) is 0 Å². The number of carbonyl (C=O) groups is 2. The maximum atomic E-state index is 12.5. The van der Waals surface area contributed by atoms with E-state index in [4.69, 9.17) is 9.15 Å². The van der Waals surface area contributed by atoms with Gasteiger partial charge in [0, 0.05) is 15.8 Å². The minimum Gasteiger partial charge on any atom is -0.493 e. The molecule has 1 amide bonds. The average molecular weight is 419 g/mol. The third kappa shape index (κ3) is 3.88. The first kappa shape index (κ1) is 19.6. The van der Waals surface area contributed by atoms with Crippen molar-refractivity contribution in [3.05, 3.63) is 98.0 Å². The minimum absolute atomic E-state index is 0.0673. The highest BCUT2D eigenvalue weighted by atomic mass is 32.1. The van der Waals surface area contributed by atoms with Gasteiger partial charge in [-0.2, -0.15) is 0 Å². The molecule has 2 heterocycles. The van der Waals surface area contributed by atoms with E-state index in [2.05, 4.69) is 5.32 Å². The van der Waals surface area contributed by atoms with Crippen LogP contribution in [0.15, 0.2) is 75.9 Å². The lowest BCUT2D eigenvalue weighted by molar-refractivity contribution is 0.0947. The molecule has 7 heteroatoms. The summed E-state index contributed by atoms with van der Waals surface area (Å²) in [5, 5.41) is 3.30. The Morgan fingerprint density at radius 2 is 1.83 bits per heavy atom. The zero-order chi connectivity index (χ0) is 21.1. The van der Waals surface area contributed by atoms with Crippen molar-refractivity contribution in [2.45, 2.75) is 6.54 Å². The van der Waals surface area contributed by atoms with E-state index in [-0.39, 0.29) is 17.9 Å². The number of para-hydroxylation sites is 1. The second-order valence-corrected chi connectivity index (χ2v) is 7.64. The molecular weight excluding hydrogens is 402 g/mol. The molecular formula is C23H17NO5S. The van der Waals surface area contributed by atoms with E-state index < -0.39 is 11.5 Å². The topological polar surface area (TPSA) is 85.6 Å². The van der Waals surface area contributed by atoms with E-state index in [1.54, 1.807) is 42.5 Å². The van der Waals surface area contributed by atoms with Crippen molar-refractivity contribution < 1.29 is 18.7 Å². The number of fused-ring (bicyclic) bond motifs is 1. The number of thiophene rings is 1. The average Bonchev–Trinajstić information content (AvgIpc) is 3.25. The lowest BCUT2D eigenvalue weighted by Crippen LogP contribution is -2.27. The summed E-state index contributed by atoms with van der Waals surface area (Å²) in [6.07, 6.45) is 0. The molecule has 0 atom stereocenters. The molecule has 0 bridgehead atoms. The van der Waals surface area contributed by atoms with Crippen molar-refractivity contribution in [1.82, 2.24) is 5.32 Å². The van der Waals surface area contributed by atoms with Crippen LogP contribution >= 0.6 is 11.3 Å². The number of carbonyl (C=O) groups excluding carboxylic acids is 2. The Bertz CT molecular complexity index is 1290. The molecule has 6 nitrogen and oxygen atoms in total. The predicted molar refractivity (Wildman–Crippen MR) is 114 cm³/mol. The fourth-order valence-electron chi connectivity index (χ4n) is 3.03. The quantitative estimate of drug-likeness (QED) is 0.377. The molecule has 4 aromatic rings. The first-order valence-electron chi connectivity index (χ1n) is 9.14. The van der Waals surface area contributed by atoms with Crippen LogP contribution in [0, 0.1) is 0 Å². The molecule has 0 saturated carbocycles. The second kappa shape index (κ2) is 8.34.